The van der Waals surface area contributed by atoms with Crippen LogP contribution in [0.15, 0.2) is 18.2 Å². The number of carbonyl (C=O) groups is 1. The van der Waals surface area contributed by atoms with E-state index in [0.29, 0.717) is 6.07 Å². The second kappa shape index (κ2) is 4.51. The fourth-order valence-corrected chi connectivity index (χ4v) is 1.15. The Morgan fingerprint density at radius 1 is 1.38 bits per heavy atom. The van der Waals surface area contributed by atoms with Crippen LogP contribution in [-0.4, -0.2) is 5.91 Å². The minimum Gasteiger partial charge on any atom is -0.352 e. The first-order valence-electron chi connectivity index (χ1n) is 4.41. The van der Waals surface area contributed by atoms with Crippen LogP contribution < -0.4 is 5.32 Å². The van der Waals surface area contributed by atoms with E-state index in [9.17, 15) is 22.4 Å². The van der Waals surface area contributed by atoms with E-state index >= 15 is 0 Å². The highest BCUT2D eigenvalue weighted by Gasteiger charge is 2.34. The second-order valence-electron chi connectivity index (χ2n) is 3.19. The summed E-state index contributed by atoms with van der Waals surface area (Å²) >= 11 is 0. The van der Waals surface area contributed by atoms with Gasteiger partial charge in [-0.25, -0.2) is 4.39 Å². The lowest BCUT2D eigenvalue weighted by atomic mass is 10.1. The first kappa shape index (κ1) is 12.5. The molecule has 1 amide bonds. The zero-order valence-corrected chi connectivity index (χ0v) is 8.36. The quantitative estimate of drug-likeness (QED) is 0.784. The Balaban J connectivity index is 3.00. The van der Waals surface area contributed by atoms with Crippen molar-refractivity contribution in [1.29, 1.82) is 0 Å². The predicted octanol–water partition coefficient (Wildman–Crippen LogP) is 2.48. The molecule has 0 bridgehead atoms. The SMILES string of the molecule is CC(=O)NCc1cccc(C(F)(F)F)c1F. The summed E-state index contributed by atoms with van der Waals surface area (Å²) in [6.07, 6.45) is -4.73. The topological polar surface area (TPSA) is 29.1 Å². The van der Waals surface area contributed by atoms with Crippen LogP contribution in [0.1, 0.15) is 18.1 Å². The van der Waals surface area contributed by atoms with Gasteiger partial charge in [-0.3, -0.25) is 4.79 Å². The highest BCUT2D eigenvalue weighted by molar-refractivity contribution is 5.72. The van der Waals surface area contributed by atoms with Crippen LogP contribution in [-0.2, 0) is 17.5 Å². The summed E-state index contributed by atoms with van der Waals surface area (Å²) in [5.74, 6) is -1.78. The Hall–Kier alpha value is -1.59. The van der Waals surface area contributed by atoms with Crippen molar-refractivity contribution in [2.24, 2.45) is 0 Å². The molecule has 1 N–H and O–H groups in total. The van der Waals surface area contributed by atoms with E-state index in [-0.39, 0.29) is 12.1 Å². The van der Waals surface area contributed by atoms with E-state index in [1.54, 1.807) is 0 Å². The predicted molar refractivity (Wildman–Crippen MR) is 48.9 cm³/mol. The lowest BCUT2D eigenvalue weighted by molar-refractivity contribution is -0.140. The smallest absolute Gasteiger partial charge is 0.352 e. The normalized spacial score (nSPS) is 11.3. The van der Waals surface area contributed by atoms with Gasteiger partial charge in [0.2, 0.25) is 5.91 Å². The standard InChI is InChI=1S/C10H9F4NO/c1-6(16)15-5-7-3-2-4-8(9(7)11)10(12,13)14/h2-4H,5H2,1H3,(H,15,16). The minimum absolute atomic E-state index is 0.190. The summed E-state index contributed by atoms with van der Waals surface area (Å²) in [4.78, 5) is 10.6. The molecule has 1 aromatic carbocycles. The van der Waals surface area contributed by atoms with E-state index in [0.717, 1.165) is 6.07 Å². The van der Waals surface area contributed by atoms with Crippen LogP contribution in [0.25, 0.3) is 0 Å². The van der Waals surface area contributed by atoms with Crippen molar-refractivity contribution in [3.8, 4) is 0 Å². The molecule has 0 aliphatic carbocycles. The average Bonchev–Trinajstić information content (AvgIpc) is 2.14. The van der Waals surface area contributed by atoms with Crippen molar-refractivity contribution in [3.05, 3.63) is 35.1 Å². The zero-order chi connectivity index (χ0) is 12.3. The molecule has 0 heterocycles. The molecule has 0 saturated carbocycles. The van der Waals surface area contributed by atoms with E-state index in [2.05, 4.69) is 5.32 Å². The van der Waals surface area contributed by atoms with Crippen molar-refractivity contribution < 1.29 is 22.4 Å². The van der Waals surface area contributed by atoms with E-state index in [4.69, 9.17) is 0 Å². The highest BCUT2D eigenvalue weighted by Crippen LogP contribution is 2.32. The zero-order valence-electron chi connectivity index (χ0n) is 8.36. The average molecular weight is 235 g/mol. The molecule has 0 radical (unpaired) electrons. The Morgan fingerprint density at radius 3 is 2.50 bits per heavy atom. The third kappa shape index (κ3) is 2.95. The van der Waals surface area contributed by atoms with Crippen LogP contribution in [0.4, 0.5) is 17.6 Å². The minimum atomic E-state index is -4.73. The highest BCUT2D eigenvalue weighted by atomic mass is 19.4. The number of carbonyl (C=O) groups excluding carboxylic acids is 1. The fraction of sp³-hybridized carbons (Fsp3) is 0.300. The molecule has 0 aromatic heterocycles. The maximum atomic E-state index is 13.3. The van der Waals surface area contributed by atoms with E-state index in [1.807, 2.05) is 0 Å². The molecule has 0 unspecified atom stereocenters. The molecule has 1 aromatic rings. The van der Waals surface area contributed by atoms with Crippen LogP contribution in [0, 0.1) is 5.82 Å². The third-order valence-corrected chi connectivity index (χ3v) is 1.91. The number of amides is 1. The number of rotatable bonds is 2. The molecule has 6 heteroatoms. The van der Waals surface area contributed by atoms with E-state index in [1.165, 1.54) is 13.0 Å². The van der Waals surface area contributed by atoms with Gasteiger partial charge in [-0.2, -0.15) is 13.2 Å². The maximum absolute atomic E-state index is 13.3. The number of halogens is 4. The fourth-order valence-electron chi connectivity index (χ4n) is 1.15. The van der Waals surface area contributed by atoms with Crippen LogP contribution >= 0.6 is 0 Å². The Kier molecular flexibility index (Phi) is 3.51. The van der Waals surface area contributed by atoms with Gasteiger partial charge in [-0.15, -0.1) is 0 Å². The van der Waals surface area contributed by atoms with Crippen LogP contribution in [0.3, 0.4) is 0 Å². The number of hydrogen-bond acceptors (Lipinski definition) is 1. The summed E-state index contributed by atoms with van der Waals surface area (Å²) < 4.78 is 50.2. The second-order valence-corrected chi connectivity index (χ2v) is 3.19. The lowest BCUT2D eigenvalue weighted by Gasteiger charge is -2.11. The van der Waals surface area contributed by atoms with Crippen molar-refractivity contribution in [1.82, 2.24) is 5.32 Å². The van der Waals surface area contributed by atoms with Gasteiger partial charge in [0.15, 0.2) is 0 Å². The van der Waals surface area contributed by atoms with Crippen molar-refractivity contribution in [3.63, 3.8) is 0 Å². The molecule has 0 aliphatic rings. The summed E-state index contributed by atoms with van der Waals surface area (Å²) in [7, 11) is 0. The van der Waals surface area contributed by atoms with Gasteiger partial charge in [-0.05, 0) is 6.07 Å². The Labute approximate surface area is 89.3 Å². The summed E-state index contributed by atoms with van der Waals surface area (Å²) in [5.41, 5.74) is -1.51. The number of hydrogen-bond donors (Lipinski definition) is 1. The molecule has 0 aliphatic heterocycles. The molecule has 2 nitrogen and oxygen atoms in total. The molecule has 88 valence electrons. The van der Waals surface area contributed by atoms with Crippen LogP contribution in [0.5, 0.6) is 0 Å². The molecule has 0 saturated heterocycles. The maximum Gasteiger partial charge on any atom is 0.419 e. The monoisotopic (exact) mass is 235 g/mol. The first-order chi connectivity index (χ1) is 7.32. The van der Waals surface area contributed by atoms with Gasteiger partial charge in [0.25, 0.3) is 0 Å². The molecular weight excluding hydrogens is 226 g/mol. The van der Waals surface area contributed by atoms with Crippen LogP contribution in [0.2, 0.25) is 0 Å². The van der Waals surface area contributed by atoms with Crippen molar-refractivity contribution in [2.45, 2.75) is 19.6 Å². The molecule has 16 heavy (non-hydrogen) atoms. The largest absolute Gasteiger partial charge is 0.419 e. The molecule has 0 spiro atoms. The third-order valence-electron chi connectivity index (χ3n) is 1.91. The molecular formula is C10H9F4NO. The summed E-state index contributed by atoms with van der Waals surface area (Å²) in [6.45, 7) is 0.941. The molecule has 0 fully saturated rings. The van der Waals surface area contributed by atoms with Gasteiger partial charge in [0.1, 0.15) is 5.82 Å². The lowest BCUT2D eigenvalue weighted by Crippen LogP contribution is -2.20. The molecule has 1 rings (SSSR count). The Bertz CT molecular complexity index is 400. The molecule has 0 atom stereocenters. The summed E-state index contributed by atoms with van der Waals surface area (Å²) in [5, 5.41) is 2.24. The van der Waals surface area contributed by atoms with Gasteiger partial charge in [0.05, 0.1) is 5.56 Å². The van der Waals surface area contributed by atoms with Gasteiger partial charge >= 0.3 is 6.18 Å². The van der Waals surface area contributed by atoms with Gasteiger partial charge < -0.3 is 5.32 Å². The van der Waals surface area contributed by atoms with Crippen molar-refractivity contribution in [2.75, 3.05) is 0 Å². The Morgan fingerprint density at radius 2 is 2.00 bits per heavy atom. The summed E-state index contributed by atoms with van der Waals surface area (Å²) in [6, 6.07) is 2.95. The van der Waals surface area contributed by atoms with Gasteiger partial charge in [-0.1, -0.05) is 12.1 Å². The number of nitrogens with one attached hydrogen (secondary N) is 1. The van der Waals surface area contributed by atoms with E-state index < -0.39 is 23.5 Å². The number of benzene rings is 1. The first-order valence-corrected chi connectivity index (χ1v) is 4.41. The number of alkyl halides is 3. The van der Waals surface area contributed by atoms with Crippen molar-refractivity contribution >= 4 is 5.91 Å². The van der Waals surface area contributed by atoms with Gasteiger partial charge in [0, 0.05) is 19.0 Å².